The van der Waals surface area contributed by atoms with Crippen molar-refractivity contribution in [1.82, 2.24) is 5.32 Å². The first kappa shape index (κ1) is 14.1. The molecule has 96 valence electrons. The Morgan fingerprint density at radius 3 is 2.41 bits per heavy atom. The van der Waals surface area contributed by atoms with E-state index in [0.717, 1.165) is 5.56 Å². The third-order valence-corrected chi connectivity index (χ3v) is 4.13. The number of aliphatic hydroxyl groups excluding tert-OH is 2. The van der Waals surface area contributed by atoms with Crippen molar-refractivity contribution >= 4 is 9.84 Å². The van der Waals surface area contributed by atoms with Gasteiger partial charge in [-0.15, -0.1) is 0 Å². The molecular weight excluding hydrogens is 242 g/mol. The van der Waals surface area contributed by atoms with Crippen LogP contribution in [0.2, 0.25) is 0 Å². The summed E-state index contributed by atoms with van der Waals surface area (Å²) in [5, 5.41) is 20.8. The predicted octanol–water partition coefficient (Wildman–Crippen LogP) is -0.331. The molecule has 5 nitrogen and oxygen atoms in total. The Morgan fingerprint density at radius 2 is 1.88 bits per heavy atom. The molecule has 0 spiro atoms. The van der Waals surface area contributed by atoms with Gasteiger partial charge in [0, 0.05) is 13.1 Å². The molecule has 0 aliphatic heterocycles. The van der Waals surface area contributed by atoms with E-state index in [0.29, 0.717) is 0 Å². The van der Waals surface area contributed by atoms with Crippen LogP contribution in [0, 0.1) is 6.92 Å². The second kappa shape index (κ2) is 6.11. The van der Waals surface area contributed by atoms with Gasteiger partial charge >= 0.3 is 0 Å². The molecule has 1 atom stereocenters. The van der Waals surface area contributed by atoms with Crippen molar-refractivity contribution in [3.8, 4) is 0 Å². The highest BCUT2D eigenvalue weighted by Gasteiger charge is 2.24. The van der Waals surface area contributed by atoms with Gasteiger partial charge in [0.1, 0.15) is 0 Å². The fraction of sp³-hybridized carbons (Fsp3) is 0.455. The topological polar surface area (TPSA) is 86.6 Å². The van der Waals surface area contributed by atoms with Crippen LogP contribution in [0.3, 0.4) is 0 Å². The number of nitrogens with one attached hydrogen (secondary N) is 1. The summed E-state index contributed by atoms with van der Waals surface area (Å²) >= 11 is 0. The summed E-state index contributed by atoms with van der Waals surface area (Å²) < 4.78 is 23.8. The average Bonchev–Trinajstić information content (AvgIpc) is 2.29. The van der Waals surface area contributed by atoms with E-state index in [-0.39, 0.29) is 24.6 Å². The largest absolute Gasteiger partial charge is 0.395 e. The number of hydrogen-bond acceptors (Lipinski definition) is 5. The second-order valence-corrected chi connectivity index (χ2v) is 5.85. The van der Waals surface area contributed by atoms with Crippen LogP contribution in [-0.2, 0) is 9.84 Å². The molecule has 0 saturated heterocycles. The average molecular weight is 259 g/mol. The zero-order valence-corrected chi connectivity index (χ0v) is 10.4. The van der Waals surface area contributed by atoms with E-state index in [9.17, 15) is 13.5 Å². The fourth-order valence-corrected chi connectivity index (χ4v) is 2.47. The van der Waals surface area contributed by atoms with E-state index in [1.54, 1.807) is 12.1 Å². The molecule has 0 bridgehead atoms. The van der Waals surface area contributed by atoms with Gasteiger partial charge in [0.15, 0.2) is 5.44 Å². The molecule has 6 heteroatoms. The van der Waals surface area contributed by atoms with Crippen LogP contribution < -0.4 is 5.32 Å². The van der Waals surface area contributed by atoms with Crippen molar-refractivity contribution in [3.05, 3.63) is 29.8 Å². The molecule has 0 heterocycles. The molecule has 1 unspecified atom stereocenters. The predicted molar refractivity (Wildman–Crippen MR) is 64.3 cm³/mol. The van der Waals surface area contributed by atoms with Crippen molar-refractivity contribution in [1.29, 1.82) is 0 Å². The summed E-state index contributed by atoms with van der Waals surface area (Å²) in [6, 6.07) is 6.31. The van der Waals surface area contributed by atoms with E-state index in [4.69, 9.17) is 5.11 Å². The lowest BCUT2D eigenvalue weighted by molar-refractivity contribution is 0.233. The van der Waals surface area contributed by atoms with E-state index >= 15 is 0 Å². The maximum Gasteiger partial charge on any atom is 0.206 e. The highest BCUT2D eigenvalue weighted by atomic mass is 32.2. The van der Waals surface area contributed by atoms with E-state index < -0.39 is 15.3 Å². The number of sulfone groups is 1. The smallest absolute Gasteiger partial charge is 0.206 e. The van der Waals surface area contributed by atoms with Crippen LogP contribution in [0.1, 0.15) is 5.56 Å². The van der Waals surface area contributed by atoms with Crippen LogP contribution in [-0.4, -0.2) is 43.8 Å². The zero-order valence-electron chi connectivity index (χ0n) is 9.63. The Kier molecular flexibility index (Phi) is 5.07. The molecule has 0 fully saturated rings. The van der Waals surface area contributed by atoms with Gasteiger partial charge in [-0.3, -0.25) is 0 Å². The lowest BCUT2D eigenvalue weighted by Crippen LogP contribution is -2.34. The standard InChI is InChI=1S/C11H17NO4S/c1-9-2-4-10(5-3-9)17(15,16)11(14)8-12-6-7-13/h2-5,11-14H,6-8H2,1H3. The number of aliphatic hydroxyl groups is 2. The van der Waals surface area contributed by atoms with Gasteiger partial charge in [0.2, 0.25) is 9.84 Å². The minimum atomic E-state index is -3.72. The Hall–Kier alpha value is -0.950. The summed E-state index contributed by atoms with van der Waals surface area (Å²) in [5.74, 6) is 0. The summed E-state index contributed by atoms with van der Waals surface area (Å²) in [6.45, 7) is 1.91. The maximum absolute atomic E-state index is 11.9. The molecule has 0 aromatic heterocycles. The summed E-state index contributed by atoms with van der Waals surface area (Å²) in [5.41, 5.74) is -0.548. The number of benzene rings is 1. The minimum absolute atomic E-state index is 0.0985. The molecule has 17 heavy (non-hydrogen) atoms. The van der Waals surface area contributed by atoms with E-state index in [2.05, 4.69) is 5.32 Å². The van der Waals surface area contributed by atoms with E-state index in [1.807, 2.05) is 6.92 Å². The summed E-state index contributed by atoms with van der Waals surface area (Å²) in [7, 11) is -3.72. The van der Waals surface area contributed by atoms with Crippen LogP contribution >= 0.6 is 0 Å². The molecule has 0 amide bonds. The Labute approximate surface area is 101 Å². The van der Waals surface area contributed by atoms with Gasteiger partial charge in [-0.2, -0.15) is 0 Å². The Bertz CT molecular complexity index is 441. The lowest BCUT2D eigenvalue weighted by atomic mass is 10.2. The molecule has 0 aliphatic carbocycles. The quantitative estimate of drug-likeness (QED) is 0.609. The van der Waals surface area contributed by atoms with Crippen molar-refractivity contribution in [2.45, 2.75) is 17.3 Å². The van der Waals surface area contributed by atoms with Gasteiger partial charge in [0.05, 0.1) is 11.5 Å². The first-order chi connectivity index (χ1) is 7.98. The minimum Gasteiger partial charge on any atom is -0.395 e. The third-order valence-electron chi connectivity index (χ3n) is 2.32. The van der Waals surface area contributed by atoms with Crippen molar-refractivity contribution in [2.75, 3.05) is 19.7 Å². The molecule has 1 aromatic rings. The second-order valence-electron chi connectivity index (χ2n) is 3.74. The van der Waals surface area contributed by atoms with Crippen molar-refractivity contribution in [2.24, 2.45) is 0 Å². The van der Waals surface area contributed by atoms with Gasteiger partial charge < -0.3 is 15.5 Å². The van der Waals surface area contributed by atoms with Gasteiger partial charge in [0.25, 0.3) is 0 Å². The van der Waals surface area contributed by atoms with Crippen LogP contribution in [0.15, 0.2) is 29.2 Å². The zero-order chi connectivity index (χ0) is 12.9. The SMILES string of the molecule is Cc1ccc(S(=O)(=O)C(O)CNCCO)cc1. The third kappa shape index (κ3) is 3.78. The van der Waals surface area contributed by atoms with Gasteiger partial charge in [-0.05, 0) is 19.1 Å². The number of hydrogen-bond donors (Lipinski definition) is 3. The molecule has 0 saturated carbocycles. The Balaban J connectivity index is 2.76. The van der Waals surface area contributed by atoms with E-state index in [1.165, 1.54) is 12.1 Å². The molecule has 1 rings (SSSR count). The summed E-state index contributed by atoms with van der Waals surface area (Å²) in [6.07, 6.45) is 0. The number of rotatable bonds is 6. The van der Waals surface area contributed by atoms with Crippen LogP contribution in [0.25, 0.3) is 0 Å². The highest BCUT2D eigenvalue weighted by molar-refractivity contribution is 7.91. The first-order valence-corrected chi connectivity index (χ1v) is 6.83. The van der Waals surface area contributed by atoms with Crippen LogP contribution in [0.4, 0.5) is 0 Å². The maximum atomic E-state index is 11.9. The molecular formula is C11H17NO4S. The van der Waals surface area contributed by atoms with Gasteiger partial charge in [-0.1, -0.05) is 17.7 Å². The normalized spacial score (nSPS) is 13.6. The van der Waals surface area contributed by atoms with Crippen molar-refractivity contribution in [3.63, 3.8) is 0 Å². The summed E-state index contributed by atoms with van der Waals surface area (Å²) in [4.78, 5) is 0.0985. The monoisotopic (exact) mass is 259 g/mol. The molecule has 1 aromatic carbocycles. The molecule has 0 radical (unpaired) electrons. The molecule has 3 N–H and O–H groups in total. The lowest BCUT2D eigenvalue weighted by Gasteiger charge is -2.12. The van der Waals surface area contributed by atoms with Gasteiger partial charge in [-0.25, -0.2) is 8.42 Å². The fourth-order valence-electron chi connectivity index (χ4n) is 1.30. The van der Waals surface area contributed by atoms with Crippen molar-refractivity contribution < 1.29 is 18.6 Å². The number of aryl methyl sites for hydroxylation is 1. The molecule has 0 aliphatic rings. The first-order valence-electron chi connectivity index (χ1n) is 5.28. The van der Waals surface area contributed by atoms with Crippen LogP contribution in [0.5, 0.6) is 0 Å². The Morgan fingerprint density at radius 1 is 1.29 bits per heavy atom. The highest BCUT2D eigenvalue weighted by Crippen LogP contribution is 2.15.